The van der Waals surface area contributed by atoms with Gasteiger partial charge in [-0.1, -0.05) is 6.42 Å². The Morgan fingerprint density at radius 1 is 0.394 bits per heavy atom. The SMILES string of the molecule is COc1ccc(S(=O)[O-])cc1OCC(=O)O.Cc1cc(C(=O)O)ccc1S(=O)[O-].Cc1cc(OCC(=O)NCCCC(=O)O)cc(C)c1S(=O)[O-].Cc1cc(OCC(C)(C)C(=O)O)cc(C)c1S(=O)[O-].O=C(O)CCCCCNC(=O)COc1ccc(S(=O)[O-])cc1.O=C(O)COc1cc(S(=O)[O-])ccc1C(=O)O. The summed E-state index contributed by atoms with van der Waals surface area (Å²) < 4.78 is 160. The van der Waals surface area contributed by atoms with Crippen molar-refractivity contribution in [3.05, 3.63) is 142 Å². The van der Waals surface area contributed by atoms with Crippen LogP contribution >= 0.6 is 0 Å². The average molecular weight is 1650 g/mol. The molecule has 0 aliphatic heterocycles. The number of carbonyl (C=O) groups excluding carboxylic acids is 2. The van der Waals surface area contributed by atoms with E-state index >= 15 is 0 Å². The van der Waals surface area contributed by atoms with E-state index in [1.807, 2.05) is 0 Å². The van der Waals surface area contributed by atoms with E-state index in [0.717, 1.165) is 24.6 Å². The average Bonchev–Trinajstić information content (AvgIpc) is 0.837. The summed E-state index contributed by atoms with van der Waals surface area (Å²) in [5.41, 5.74) is 1.48. The zero-order chi connectivity index (χ0) is 83.0. The number of aryl methyl sites for hydroxylation is 5. The summed E-state index contributed by atoms with van der Waals surface area (Å²) in [7, 11) is 1.37. The van der Waals surface area contributed by atoms with Crippen LogP contribution in [0.3, 0.4) is 0 Å². The van der Waals surface area contributed by atoms with Gasteiger partial charge in [-0.25, -0.2) is 19.2 Å². The first kappa shape index (κ1) is 97.0. The van der Waals surface area contributed by atoms with Crippen molar-refractivity contribution >= 4 is 120 Å². The second-order valence-corrected chi connectivity index (χ2v) is 28.0. The highest BCUT2D eigenvalue weighted by Crippen LogP contribution is 2.30. The fourth-order valence-corrected chi connectivity index (χ4v) is 11.1. The predicted octanol–water partition coefficient (Wildman–Crippen LogP) is 5.41. The van der Waals surface area contributed by atoms with E-state index in [-0.39, 0.29) is 109 Å². The maximum Gasteiger partial charge on any atom is 0.341 e. The molecule has 6 atom stereocenters. The highest BCUT2D eigenvalue weighted by Gasteiger charge is 2.28. The Bertz CT molecular complexity index is 4240. The van der Waals surface area contributed by atoms with Gasteiger partial charge in [-0.2, -0.15) is 0 Å². The summed E-state index contributed by atoms with van der Waals surface area (Å²) >= 11 is -14.1. The lowest BCUT2D eigenvalue weighted by Crippen LogP contribution is -2.30. The quantitative estimate of drug-likeness (QED) is 0.0177. The number of unbranched alkanes of at least 4 members (excludes halogenated alkanes) is 2. The van der Waals surface area contributed by atoms with E-state index in [0.29, 0.717) is 70.9 Å². The van der Waals surface area contributed by atoms with E-state index in [4.69, 9.17) is 64.2 Å². The van der Waals surface area contributed by atoms with Crippen molar-refractivity contribution in [3.63, 3.8) is 0 Å². The molecule has 0 saturated heterocycles. The molecule has 0 aliphatic carbocycles. The van der Waals surface area contributed by atoms with E-state index in [1.54, 1.807) is 72.7 Å². The second kappa shape index (κ2) is 49.9. The van der Waals surface area contributed by atoms with Crippen molar-refractivity contribution in [1.82, 2.24) is 10.6 Å². The Labute approximate surface area is 638 Å². The van der Waals surface area contributed by atoms with Crippen molar-refractivity contribution in [3.8, 4) is 34.5 Å². The number of benzene rings is 6. The van der Waals surface area contributed by atoms with Crippen LogP contribution in [-0.2, 0) is 100 Å². The molecule has 6 unspecified atom stereocenters. The Balaban J connectivity index is 0.000000659. The van der Waals surface area contributed by atoms with Gasteiger partial charge in [0.25, 0.3) is 11.8 Å². The van der Waals surface area contributed by atoms with Crippen LogP contribution in [0.5, 0.6) is 34.5 Å². The van der Waals surface area contributed by atoms with E-state index < -0.39 is 127 Å². The third-order valence-corrected chi connectivity index (χ3v) is 18.1. The van der Waals surface area contributed by atoms with Crippen molar-refractivity contribution in [2.75, 3.05) is 53.2 Å². The maximum atomic E-state index is 11.5. The number of amides is 2. The van der Waals surface area contributed by atoms with E-state index in [1.165, 1.54) is 67.8 Å². The molecule has 6 rings (SSSR count). The molecule has 6 aromatic carbocycles. The molecule has 0 bridgehead atoms. The minimum absolute atomic E-state index is 0.00110. The summed E-state index contributed by atoms with van der Waals surface area (Å²) in [6.07, 6.45) is 2.53. The number of aromatic carboxylic acids is 2. The fourth-order valence-electron chi connectivity index (χ4n) is 8.18. The molecule has 0 spiro atoms. The zero-order valence-electron chi connectivity index (χ0n) is 59.1. The van der Waals surface area contributed by atoms with Crippen LogP contribution in [0, 0.1) is 40.0 Å². The first-order chi connectivity index (χ1) is 50.9. The Morgan fingerprint density at radius 3 is 1.22 bits per heavy atom. The molecule has 0 heterocycles. The fraction of sp³-hybridized carbons (Fsp3) is 0.328. The largest absolute Gasteiger partial charge is 0.768 e. The molecule has 2 amide bonds. The normalized spacial score (nSPS) is 12.1. The molecule has 0 aliphatic rings. The highest BCUT2D eigenvalue weighted by atomic mass is 32.2. The highest BCUT2D eigenvalue weighted by molar-refractivity contribution is 7.80. The summed E-state index contributed by atoms with van der Waals surface area (Å²) in [6, 6.07) is 22.9. The molecule has 0 radical (unpaired) electrons. The molecule has 0 saturated carbocycles. The minimum Gasteiger partial charge on any atom is -0.768 e. The van der Waals surface area contributed by atoms with Gasteiger partial charge in [0.05, 0.1) is 18.1 Å². The van der Waals surface area contributed by atoms with Gasteiger partial charge in [-0.3, -0.25) is 49.2 Å². The smallest absolute Gasteiger partial charge is 0.341 e. The molecule has 36 nitrogen and oxygen atoms in total. The number of methoxy groups -OCH3 is 1. The van der Waals surface area contributed by atoms with Crippen LogP contribution in [0.4, 0.5) is 0 Å². The van der Waals surface area contributed by atoms with Crippen LogP contribution in [0.15, 0.2) is 133 Å². The third kappa shape index (κ3) is 38.6. The Hall–Kier alpha value is -9.99. The predicted molar refractivity (Wildman–Crippen MR) is 379 cm³/mol. The number of ether oxygens (including phenoxy) is 6. The number of hydrogen-bond donors (Lipinski definition) is 9. The Morgan fingerprint density at radius 2 is 0.817 bits per heavy atom. The van der Waals surface area contributed by atoms with Crippen LogP contribution in [0.25, 0.3) is 0 Å². The first-order valence-electron chi connectivity index (χ1n) is 31.0. The van der Waals surface area contributed by atoms with Gasteiger partial charge in [0, 0.05) is 55.3 Å². The van der Waals surface area contributed by atoms with Crippen molar-refractivity contribution < 1.29 is 160 Å². The lowest BCUT2D eigenvalue weighted by molar-refractivity contribution is -0.148. The van der Waals surface area contributed by atoms with Gasteiger partial charge in [-0.15, -0.1) is 0 Å². The van der Waals surface area contributed by atoms with Gasteiger partial charge in [0.2, 0.25) is 0 Å². The zero-order valence-corrected chi connectivity index (χ0v) is 64.0. The second-order valence-electron chi connectivity index (χ2n) is 22.5. The van der Waals surface area contributed by atoms with Crippen LogP contribution in [0.2, 0.25) is 0 Å². The van der Waals surface area contributed by atoms with E-state index in [2.05, 4.69) is 10.6 Å². The topological polar surface area (TPSA) is 615 Å². The molecule has 600 valence electrons. The molecular formula is C67H76N2O34S6-6. The molecular weight excluding hydrogens is 1570 g/mol. The van der Waals surface area contributed by atoms with Crippen LogP contribution in [-0.4, -0.2) is 195 Å². The summed E-state index contributed by atoms with van der Waals surface area (Å²) in [5.74, 6) is -6.84. The van der Waals surface area contributed by atoms with Gasteiger partial charge in [-0.05, 0) is 265 Å². The monoisotopic (exact) mass is 1640 g/mol. The molecule has 42 heteroatoms. The standard InChI is InChI=1S/2C14H19NO6S.C13H18O5S.C9H8O7S.C9H10O6S.C8H8O4S/c1-9-6-11(7-10(2)14(9)22(19)20)21-8-12(16)15-5-3-4-13(17)18;16-13(15-9-3-1-2-4-14(17)18)10-21-11-5-7-12(8-6-11)22(19)20;1-8-5-10(6-9(2)11(8)19(16)17)18-7-13(3,4)12(14)15;10-8(11)4-16-7-3-5(17(14)15)1-2-6(7)9(12)13;1-14-7-3-2-6(16(12)13)4-8(7)15-5-9(10)11;1-5-4-6(8(9)10)2-3-7(5)13(11)12/h6-7H,3-5,8H2,1-2H3,(H,15,16)(H,17,18)(H,19,20);5-8H,1-4,9-10H2,(H,15,16)(H,17,18)(H,19,20);5-6H,7H2,1-4H3,(H,14,15)(H,16,17);1-3H,4H2,(H,10,11)(H,12,13)(H,14,15);2-4H,5H2,1H3,(H,10,11)(H,12,13);2-4H,1H3,(H,9,10)(H,11,12)/p-6. The Kier molecular flexibility index (Phi) is 44.4. The maximum absolute atomic E-state index is 11.5. The molecule has 9 N–H and O–H groups in total. The van der Waals surface area contributed by atoms with Gasteiger partial charge in [0.15, 0.2) is 37.9 Å². The summed E-state index contributed by atoms with van der Waals surface area (Å²) in [5, 5.41) is 65.3. The number of carboxylic acid groups (broad SMARTS) is 7. The van der Waals surface area contributed by atoms with Crippen molar-refractivity contribution in [2.24, 2.45) is 5.41 Å². The van der Waals surface area contributed by atoms with Crippen LogP contribution in [0.1, 0.15) is 101 Å². The number of carboxylic acids is 7. The number of carbonyl (C=O) groups is 9. The molecule has 0 fully saturated rings. The molecule has 0 aromatic heterocycles. The lowest BCUT2D eigenvalue weighted by atomic mass is 9.95. The number of rotatable bonds is 35. The van der Waals surface area contributed by atoms with Gasteiger partial charge in [0.1, 0.15) is 35.2 Å². The minimum atomic E-state index is -2.55. The lowest BCUT2D eigenvalue weighted by Gasteiger charge is -2.21. The third-order valence-electron chi connectivity index (χ3n) is 13.4. The van der Waals surface area contributed by atoms with Gasteiger partial charge >= 0.3 is 41.8 Å². The van der Waals surface area contributed by atoms with Crippen molar-refractivity contribution in [2.45, 2.75) is 116 Å². The van der Waals surface area contributed by atoms with Crippen LogP contribution < -0.4 is 39.1 Å². The number of hydrogen-bond acceptors (Lipinski definition) is 27. The molecule has 6 aromatic rings. The number of nitrogens with one attached hydrogen (secondary N) is 2. The first-order valence-corrected chi connectivity index (χ1v) is 37.4. The summed E-state index contributed by atoms with van der Waals surface area (Å²) in [4.78, 5) is 97.0. The van der Waals surface area contributed by atoms with Crippen molar-refractivity contribution in [1.29, 1.82) is 0 Å². The summed E-state index contributed by atoms with van der Waals surface area (Å²) in [6.45, 7) is 10.4. The number of aliphatic carboxylic acids is 5. The van der Waals surface area contributed by atoms with E-state index in [9.17, 15) is 95.7 Å². The van der Waals surface area contributed by atoms with Gasteiger partial charge < -0.3 is 102 Å². The molecule has 109 heavy (non-hydrogen) atoms.